The molecule has 2 saturated heterocycles. The molecule has 2 fully saturated rings. The van der Waals surface area contributed by atoms with Gasteiger partial charge in [-0.25, -0.2) is 9.59 Å². The number of esters is 2. The van der Waals surface area contributed by atoms with Crippen LogP contribution in [0, 0.1) is 0 Å². The molecule has 6 nitrogen and oxygen atoms in total. The van der Waals surface area contributed by atoms with Gasteiger partial charge in [0.05, 0.1) is 0 Å². The summed E-state index contributed by atoms with van der Waals surface area (Å²) < 4.78 is 11.3. The number of rotatable bonds is 4. The fourth-order valence-corrected chi connectivity index (χ4v) is 5.27. The number of hydrogen-bond donors (Lipinski definition) is 0. The smallest absolute Gasteiger partial charge is 0.331 e. The van der Waals surface area contributed by atoms with E-state index in [4.69, 9.17) is 9.47 Å². The van der Waals surface area contributed by atoms with E-state index in [1.165, 1.54) is 12.2 Å². The second kappa shape index (κ2) is 8.27. The highest BCUT2D eigenvalue weighted by Crippen LogP contribution is 2.39. The van der Waals surface area contributed by atoms with Gasteiger partial charge in [0.15, 0.2) is 0 Å². The molecule has 30 heavy (non-hydrogen) atoms. The second-order valence-corrected chi connectivity index (χ2v) is 11.6. The van der Waals surface area contributed by atoms with Crippen LogP contribution in [0.2, 0.25) is 0 Å². The molecule has 2 aliphatic rings. The number of piperidine rings is 2. The molecule has 0 radical (unpaired) electrons. The molecule has 2 heterocycles. The van der Waals surface area contributed by atoms with Crippen molar-refractivity contribution in [1.29, 1.82) is 0 Å². The third-order valence-electron chi connectivity index (χ3n) is 7.46. The number of carbonyl (C=O) groups is 2. The lowest BCUT2D eigenvalue weighted by Gasteiger charge is -2.53. The second-order valence-electron chi connectivity index (χ2n) is 11.6. The van der Waals surface area contributed by atoms with E-state index >= 15 is 0 Å². The average molecular weight is 423 g/mol. The van der Waals surface area contributed by atoms with E-state index < -0.39 is 11.9 Å². The summed E-state index contributed by atoms with van der Waals surface area (Å²) in [5.41, 5.74) is -0.266. The standard InChI is InChI=1S/C24H42N2O4/c1-21(2)13-17(14-22(3,4)25(21)9)29-19(27)11-12-20(28)30-18-15-23(5,6)26(10)24(7,8)16-18/h11-12,17-18H,13-16H2,1-10H3/b12-11+. The lowest BCUT2D eigenvalue weighted by Crippen LogP contribution is -2.60. The third kappa shape index (κ3) is 5.64. The maximum absolute atomic E-state index is 12.3. The molecule has 0 bridgehead atoms. The van der Waals surface area contributed by atoms with Crippen LogP contribution in [-0.4, -0.2) is 70.2 Å². The average Bonchev–Trinajstić information content (AvgIpc) is 2.54. The molecule has 2 aliphatic heterocycles. The summed E-state index contributed by atoms with van der Waals surface area (Å²) in [6.45, 7) is 17.3. The van der Waals surface area contributed by atoms with Crippen molar-refractivity contribution in [1.82, 2.24) is 9.80 Å². The summed E-state index contributed by atoms with van der Waals surface area (Å²) in [5, 5.41) is 0. The lowest BCUT2D eigenvalue weighted by atomic mass is 9.78. The third-order valence-corrected chi connectivity index (χ3v) is 7.46. The molecule has 0 aromatic carbocycles. The number of nitrogens with zero attached hydrogens (tertiary/aromatic N) is 2. The van der Waals surface area contributed by atoms with Crippen molar-refractivity contribution in [2.75, 3.05) is 14.1 Å². The molecule has 0 atom stereocenters. The highest BCUT2D eigenvalue weighted by Gasteiger charge is 2.45. The van der Waals surface area contributed by atoms with Crippen molar-refractivity contribution in [2.24, 2.45) is 0 Å². The van der Waals surface area contributed by atoms with E-state index in [-0.39, 0.29) is 34.4 Å². The number of carbonyl (C=O) groups excluding carboxylic acids is 2. The van der Waals surface area contributed by atoms with Gasteiger partial charge in [-0.2, -0.15) is 0 Å². The zero-order valence-electron chi connectivity index (χ0n) is 20.7. The predicted octanol–water partition coefficient (Wildman–Crippen LogP) is 3.93. The summed E-state index contributed by atoms with van der Waals surface area (Å²) in [7, 11) is 4.22. The number of hydrogen-bond acceptors (Lipinski definition) is 6. The lowest BCUT2D eigenvalue weighted by molar-refractivity contribution is -0.156. The van der Waals surface area contributed by atoms with Crippen LogP contribution >= 0.6 is 0 Å². The Morgan fingerprint density at radius 2 is 0.867 bits per heavy atom. The number of likely N-dealkylation sites (tertiary alicyclic amines) is 2. The van der Waals surface area contributed by atoms with Crippen molar-refractivity contribution in [2.45, 2.75) is 115 Å². The van der Waals surface area contributed by atoms with Gasteiger partial charge in [0.2, 0.25) is 0 Å². The highest BCUT2D eigenvalue weighted by molar-refractivity contribution is 5.91. The van der Waals surface area contributed by atoms with Crippen molar-refractivity contribution < 1.29 is 19.1 Å². The summed E-state index contributed by atoms with van der Waals surface area (Å²) >= 11 is 0. The molecule has 0 aromatic heterocycles. The molecule has 0 spiro atoms. The van der Waals surface area contributed by atoms with Gasteiger partial charge in [0.25, 0.3) is 0 Å². The van der Waals surface area contributed by atoms with Gasteiger partial charge in [-0.05, 0) is 69.5 Å². The summed E-state index contributed by atoms with van der Waals surface area (Å²) in [6.07, 6.45) is 5.10. The van der Waals surface area contributed by atoms with Gasteiger partial charge >= 0.3 is 11.9 Å². The summed E-state index contributed by atoms with van der Waals surface area (Å²) in [4.78, 5) is 29.3. The van der Waals surface area contributed by atoms with E-state index in [0.29, 0.717) is 0 Å². The van der Waals surface area contributed by atoms with Crippen molar-refractivity contribution >= 4 is 11.9 Å². The Morgan fingerprint density at radius 1 is 0.633 bits per heavy atom. The molecule has 172 valence electrons. The van der Waals surface area contributed by atoms with Crippen LogP contribution in [0.1, 0.15) is 81.1 Å². The Balaban J connectivity index is 1.92. The topological polar surface area (TPSA) is 59.1 Å². The van der Waals surface area contributed by atoms with Crippen LogP contribution in [0.3, 0.4) is 0 Å². The Labute approximate surface area is 183 Å². The zero-order valence-corrected chi connectivity index (χ0v) is 20.7. The van der Waals surface area contributed by atoms with E-state index in [2.05, 4.69) is 79.3 Å². The maximum Gasteiger partial charge on any atom is 0.331 e. The van der Waals surface area contributed by atoms with Crippen LogP contribution in [0.4, 0.5) is 0 Å². The molecule has 0 aliphatic carbocycles. The van der Waals surface area contributed by atoms with E-state index in [0.717, 1.165) is 25.7 Å². The molecule has 0 aromatic rings. The first-order valence-electron chi connectivity index (χ1n) is 11.0. The SMILES string of the molecule is CN1C(C)(C)CC(OC(=O)/C=C/C(=O)OC2CC(C)(C)N(C)C(C)(C)C2)CC1(C)C. The fourth-order valence-electron chi connectivity index (χ4n) is 5.27. The quantitative estimate of drug-likeness (QED) is 0.505. The minimum Gasteiger partial charge on any atom is -0.459 e. The Morgan fingerprint density at radius 3 is 1.10 bits per heavy atom. The van der Waals surface area contributed by atoms with Gasteiger partial charge in [-0.3, -0.25) is 9.80 Å². The fraction of sp³-hybridized carbons (Fsp3) is 0.833. The Hall–Kier alpha value is -1.40. The van der Waals surface area contributed by atoms with Crippen molar-refractivity contribution in [3.8, 4) is 0 Å². The summed E-state index contributed by atoms with van der Waals surface area (Å²) in [6, 6.07) is 0. The van der Waals surface area contributed by atoms with Gasteiger partial charge in [-0.15, -0.1) is 0 Å². The van der Waals surface area contributed by atoms with Crippen LogP contribution in [0.15, 0.2) is 12.2 Å². The van der Waals surface area contributed by atoms with Gasteiger partial charge < -0.3 is 9.47 Å². The molecule has 0 unspecified atom stereocenters. The van der Waals surface area contributed by atoms with E-state index in [9.17, 15) is 9.59 Å². The normalized spacial score (nSPS) is 27.1. The molecule has 0 amide bonds. The molecule has 0 N–H and O–H groups in total. The molecule has 6 heteroatoms. The Bertz CT molecular complexity index is 599. The minimum absolute atomic E-state index is 0.0664. The first-order valence-corrected chi connectivity index (χ1v) is 11.0. The van der Waals surface area contributed by atoms with Gasteiger partial charge in [0, 0.05) is 60.0 Å². The summed E-state index contributed by atoms with van der Waals surface area (Å²) in [5.74, 6) is -0.978. The highest BCUT2D eigenvalue weighted by atomic mass is 16.5. The van der Waals surface area contributed by atoms with Gasteiger partial charge in [-0.1, -0.05) is 0 Å². The van der Waals surface area contributed by atoms with Gasteiger partial charge in [0.1, 0.15) is 12.2 Å². The predicted molar refractivity (Wildman–Crippen MR) is 119 cm³/mol. The Kier molecular flexibility index (Phi) is 6.85. The molecular formula is C24H42N2O4. The van der Waals surface area contributed by atoms with E-state index in [1.54, 1.807) is 0 Å². The first kappa shape index (κ1) is 24.9. The monoisotopic (exact) mass is 422 g/mol. The van der Waals surface area contributed by atoms with E-state index in [1.807, 2.05) is 0 Å². The number of ether oxygens (including phenoxy) is 2. The molecule has 0 saturated carbocycles. The minimum atomic E-state index is -0.489. The largest absolute Gasteiger partial charge is 0.459 e. The van der Waals surface area contributed by atoms with Crippen LogP contribution in [0.5, 0.6) is 0 Å². The van der Waals surface area contributed by atoms with Crippen LogP contribution in [-0.2, 0) is 19.1 Å². The van der Waals surface area contributed by atoms with Crippen molar-refractivity contribution in [3.63, 3.8) is 0 Å². The maximum atomic E-state index is 12.3. The molecular weight excluding hydrogens is 380 g/mol. The molecule has 2 rings (SSSR count). The first-order chi connectivity index (χ1) is 13.5. The zero-order chi connectivity index (χ0) is 23.1. The van der Waals surface area contributed by atoms with Crippen LogP contribution < -0.4 is 0 Å². The van der Waals surface area contributed by atoms with Crippen LogP contribution in [0.25, 0.3) is 0 Å². The van der Waals surface area contributed by atoms with Crippen molar-refractivity contribution in [3.05, 3.63) is 12.2 Å².